The first-order valence-corrected chi connectivity index (χ1v) is 8.50. The number of furan rings is 1. The van der Waals surface area contributed by atoms with Gasteiger partial charge >= 0.3 is 5.97 Å². The average molecular weight is 365 g/mol. The van der Waals surface area contributed by atoms with Gasteiger partial charge in [0.25, 0.3) is 5.91 Å². The minimum atomic E-state index is -0.454. The number of hydrogen-bond acceptors (Lipinski definition) is 5. The lowest BCUT2D eigenvalue weighted by molar-refractivity contribution is 0.0469. The van der Waals surface area contributed by atoms with E-state index >= 15 is 0 Å². The molecule has 2 aromatic carbocycles. The molecule has 0 spiro atoms. The molecule has 0 aliphatic heterocycles. The van der Waals surface area contributed by atoms with E-state index in [9.17, 15) is 9.59 Å². The van der Waals surface area contributed by atoms with Crippen LogP contribution in [0.5, 0.6) is 5.75 Å². The van der Waals surface area contributed by atoms with E-state index in [1.54, 1.807) is 36.4 Å². The zero-order chi connectivity index (χ0) is 19.1. The van der Waals surface area contributed by atoms with Crippen LogP contribution in [0.25, 0.3) is 0 Å². The summed E-state index contributed by atoms with van der Waals surface area (Å²) in [5, 5.41) is 2.69. The highest BCUT2D eigenvalue weighted by Crippen LogP contribution is 2.20. The van der Waals surface area contributed by atoms with Gasteiger partial charge in [-0.3, -0.25) is 4.79 Å². The minimum absolute atomic E-state index is 0.117. The molecule has 27 heavy (non-hydrogen) atoms. The van der Waals surface area contributed by atoms with E-state index in [1.165, 1.54) is 6.26 Å². The van der Waals surface area contributed by atoms with Gasteiger partial charge in [-0.05, 0) is 49.4 Å². The second-order valence-corrected chi connectivity index (χ2v) is 5.63. The van der Waals surface area contributed by atoms with Gasteiger partial charge in [-0.2, -0.15) is 0 Å². The van der Waals surface area contributed by atoms with Crippen LogP contribution in [0.2, 0.25) is 0 Å². The number of amides is 1. The number of hydrogen-bond donors (Lipinski definition) is 1. The molecule has 0 unspecified atom stereocenters. The topological polar surface area (TPSA) is 77.8 Å². The van der Waals surface area contributed by atoms with Gasteiger partial charge in [-0.1, -0.05) is 18.2 Å². The normalized spacial score (nSPS) is 10.3. The van der Waals surface area contributed by atoms with Crippen LogP contribution >= 0.6 is 0 Å². The summed E-state index contributed by atoms with van der Waals surface area (Å²) in [5.74, 6) is 0.100. The third-order valence-corrected chi connectivity index (χ3v) is 3.75. The predicted molar refractivity (Wildman–Crippen MR) is 99.8 cm³/mol. The summed E-state index contributed by atoms with van der Waals surface area (Å²) < 4.78 is 15.9. The Balaban J connectivity index is 1.58. The molecule has 138 valence electrons. The van der Waals surface area contributed by atoms with Crippen LogP contribution in [0.3, 0.4) is 0 Å². The lowest BCUT2D eigenvalue weighted by atomic mass is 10.2. The van der Waals surface area contributed by atoms with Crippen molar-refractivity contribution in [3.05, 3.63) is 83.8 Å². The predicted octanol–water partition coefficient (Wildman–Crippen LogP) is 4.29. The van der Waals surface area contributed by atoms with Crippen molar-refractivity contribution in [1.82, 2.24) is 0 Å². The Bertz CT molecular complexity index is 901. The van der Waals surface area contributed by atoms with E-state index < -0.39 is 5.97 Å². The molecule has 0 radical (unpaired) electrons. The fraction of sp³-hybridized carbons (Fsp3) is 0.143. The molecular weight excluding hydrogens is 346 g/mol. The first-order chi connectivity index (χ1) is 13.2. The van der Waals surface area contributed by atoms with Crippen LogP contribution in [0.1, 0.15) is 33.4 Å². The first kappa shape index (κ1) is 18.3. The van der Waals surface area contributed by atoms with Gasteiger partial charge in [0.15, 0.2) is 5.76 Å². The Morgan fingerprint density at radius 2 is 1.78 bits per heavy atom. The second kappa shape index (κ2) is 8.71. The van der Waals surface area contributed by atoms with Gasteiger partial charge in [-0.15, -0.1) is 0 Å². The van der Waals surface area contributed by atoms with Gasteiger partial charge in [0.05, 0.1) is 18.4 Å². The smallest absolute Gasteiger partial charge is 0.338 e. The number of carbonyl (C=O) groups excluding carboxylic acids is 2. The summed E-state index contributed by atoms with van der Waals surface area (Å²) in [7, 11) is 0. The summed E-state index contributed by atoms with van der Waals surface area (Å²) in [6.07, 6.45) is 1.43. The van der Waals surface area contributed by atoms with Crippen molar-refractivity contribution in [2.45, 2.75) is 13.5 Å². The van der Waals surface area contributed by atoms with Crippen LogP contribution in [-0.2, 0) is 11.3 Å². The van der Waals surface area contributed by atoms with Crippen molar-refractivity contribution in [3.63, 3.8) is 0 Å². The molecule has 0 aliphatic rings. The highest BCUT2D eigenvalue weighted by molar-refractivity contribution is 6.02. The van der Waals surface area contributed by atoms with Gasteiger partial charge < -0.3 is 19.2 Å². The molecule has 1 amide bonds. The first-order valence-electron chi connectivity index (χ1n) is 8.50. The molecule has 0 bridgehead atoms. The SMILES string of the molecule is CCOc1ccccc1COC(=O)c1ccc(NC(=O)c2ccco2)cc1. The summed E-state index contributed by atoms with van der Waals surface area (Å²) in [5.41, 5.74) is 1.74. The Kier molecular flexibility index (Phi) is 5.89. The molecule has 3 rings (SSSR count). The largest absolute Gasteiger partial charge is 0.493 e. The molecule has 3 aromatic rings. The maximum atomic E-state index is 12.2. The van der Waals surface area contributed by atoms with Crippen LogP contribution in [-0.4, -0.2) is 18.5 Å². The number of benzene rings is 2. The Morgan fingerprint density at radius 1 is 1.00 bits per heavy atom. The molecule has 1 N–H and O–H groups in total. The molecular formula is C21H19NO5. The van der Waals surface area contributed by atoms with Crippen LogP contribution in [0, 0.1) is 0 Å². The number of esters is 1. The Labute approximate surface area is 156 Å². The average Bonchev–Trinajstić information content (AvgIpc) is 3.23. The number of rotatable bonds is 7. The fourth-order valence-corrected chi connectivity index (χ4v) is 2.44. The summed E-state index contributed by atoms with van der Waals surface area (Å²) in [4.78, 5) is 24.2. The lowest BCUT2D eigenvalue weighted by Gasteiger charge is -2.10. The van der Waals surface area contributed by atoms with Gasteiger partial charge in [0.2, 0.25) is 0 Å². The maximum absolute atomic E-state index is 12.2. The van der Waals surface area contributed by atoms with E-state index in [-0.39, 0.29) is 18.3 Å². The van der Waals surface area contributed by atoms with Crippen molar-refractivity contribution in [3.8, 4) is 5.75 Å². The van der Waals surface area contributed by atoms with Crippen molar-refractivity contribution in [2.24, 2.45) is 0 Å². The van der Waals surface area contributed by atoms with Gasteiger partial charge in [0, 0.05) is 11.3 Å². The zero-order valence-corrected chi connectivity index (χ0v) is 14.8. The Morgan fingerprint density at radius 3 is 2.48 bits per heavy atom. The molecule has 1 aromatic heterocycles. The fourth-order valence-electron chi connectivity index (χ4n) is 2.44. The molecule has 0 fully saturated rings. The van der Waals surface area contributed by atoms with Gasteiger partial charge in [-0.25, -0.2) is 4.79 Å². The van der Waals surface area contributed by atoms with Crippen molar-refractivity contribution in [2.75, 3.05) is 11.9 Å². The molecule has 0 aliphatic carbocycles. The molecule has 0 atom stereocenters. The van der Waals surface area contributed by atoms with E-state index in [2.05, 4.69) is 5.32 Å². The van der Waals surface area contributed by atoms with Crippen molar-refractivity contribution >= 4 is 17.6 Å². The van der Waals surface area contributed by atoms with E-state index in [4.69, 9.17) is 13.9 Å². The van der Waals surface area contributed by atoms with Crippen molar-refractivity contribution < 1.29 is 23.5 Å². The highest BCUT2D eigenvalue weighted by atomic mass is 16.5. The van der Waals surface area contributed by atoms with E-state index in [1.807, 2.05) is 31.2 Å². The van der Waals surface area contributed by atoms with Crippen molar-refractivity contribution in [1.29, 1.82) is 0 Å². The molecule has 1 heterocycles. The zero-order valence-electron chi connectivity index (χ0n) is 14.8. The highest BCUT2D eigenvalue weighted by Gasteiger charge is 2.12. The number of nitrogens with one attached hydrogen (secondary N) is 1. The van der Waals surface area contributed by atoms with Crippen LogP contribution in [0.4, 0.5) is 5.69 Å². The monoisotopic (exact) mass is 365 g/mol. The summed E-state index contributed by atoms with van der Waals surface area (Å²) >= 11 is 0. The van der Waals surface area contributed by atoms with E-state index in [0.717, 1.165) is 5.56 Å². The molecule has 0 saturated heterocycles. The number of anilines is 1. The second-order valence-electron chi connectivity index (χ2n) is 5.63. The quantitative estimate of drug-likeness (QED) is 0.632. The third-order valence-electron chi connectivity index (χ3n) is 3.75. The summed E-state index contributed by atoms with van der Waals surface area (Å²) in [6.45, 7) is 2.55. The molecule has 0 saturated carbocycles. The van der Waals surface area contributed by atoms with Crippen LogP contribution in [0.15, 0.2) is 71.3 Å². The number of carbonyl (C=O) groups is 2. The standard InChI is InChI=1S/C21H19NO5/c1-2-25-18-7-4-3-6-16(18)14-27-21(24)15-9-11-17(12-10-15)22-20(23)19-8-5-13-26-19/h3-13H,2,14H2,1H3,(H,22,23). The van der Waals surface area contributed by atoms with E-state index in [0.29, 0.717) is 23.6 Å². The maximum Gasteiger partial charge on any atom is 0.338 e. The van der Waals surface area contributed by atoms with Crippen LogP contribution < -0.4 is 10.1 Å². The number of para-hydroxylation sites is 1. The minimum Gasteiger partial charge on any atom is -0.493 e. The molecule has 6 nitrogen and oxygen atoms in total. The lowest BCUT2D eigenvalue weighted by Crippen LogP contribution is -2.11. The van der Waals surface area contributed by atoms with Gasteiger partial charge in [0.1, 0.15) is 12.4 Å². The molecule has 6 heteroatoms. The number of ether oxygens (including phenoxy) is 2. The Hall–Kier alpha value is -3.54. The summed E-state index contributed by atoms with van der Waals surface area (Å²) in [6, 6.07) is 17.1. The third kappa shape index (κ3) is 4.76.